The van der Waals surface area contributed by atoms with Crippen molar-refractivity contribution >= 4 is 23.2 Å². The summed E-state index contributed by atoms with van der Waals surface area (Å²) < 4.78 is 11.1. The van der Waals surface area contributed by atoms with Crippen LogP contribution in [-0.2, 0) is 4.79 Å². The molecule has 0 radical (unpaired) electrons. The molecule has 5 nitrogen and oxygen atoms in total. The number of nitrogens with one attached hydrogen (secondary N) is 2. The Kier molecular flexibility index (Phi) is 4.39. The number of carbonyl (C=O) groups excluding carboxylic acids is 1. The van der Waals surface area contributed by atoms with Crippen LogP contribution >= 0.6 is 11.6 Å². The fourth-order valence-corrected chi connectivity index (χ4v) is 2.30. The number of hydrazine groups is 1. The van der Waals surface area contributed by atoms with Crippen molar-refractivity contribution in [3.8, 4) is 11.5 Å². The monoisotopic (exact) mass is 330 g/mol. The van der Waals surface area contributed by atoms with Crippen LogP contribution in [0, 0.1) is 0 Å². The van der Waals surface area contributed by atoms with E-state index in [1.165, 1.54) is 0 Å². The predicted molar refractivity (Wildman–Crippen MR) is 88.1 cm³/mol. The van der Waals surface area contributed by atoms with Crippen LogP contribution in [0.25, 0.3) is 5.70 Å². The number of carbonyl (C=O) groups is 1. The van der Waals surface area contributed by atoms with E-state index in [2.05, 4.69) is 17.4 Å². The van der Waals surface area contributed by atoms with Crippen LogP contribution in [0.2, 0.25) is 5.02 Å². The van der Waals surface area contributed by atoms with Gasteiger partial charge in [-0.05, 0) is 24.3 Å². The molecular weight excluding hydrogens is 316 g/mol. The Hall–Kier alpha value is -2.66. The van der Waals surface area contributed by atoms with Gasteiger partial charge in [-0.3, -0.25) is 15.6 Å². The summed E-state index contributed by atoms with van der Waals surface area (Å²) in [6.07, 6.45) is -0.732. The van der Waals surface area contributed by atoms with Crippen molar-refractivity contribution in [2.24, 2.45) is 0 Å². The highest BCUT2D eigenvalue weighted by molar-refractivity contribution is 6.30. The number of amides is 1. The first-order chi connectivity index (χ1) is 11.1. The Labute approximate surface area is 138 Å². The Morgan fingerprint density at radius 3 is 2.70 bits per heavy atom. The quantitative estimate of drug-likeness (QED) is 0.846. The predicted octanol–water partition coefficient (Wildman–Crippen LogP) is 2.77. The Morgan fingerprint density at radius 1 is 1.13 bits per heavy atom. The molecule has 2 aromatic carbocycles. The number of hydrogen-bond donors (Lipinski definition) is 2. The maximum Gasteiger partial charge on any atom is 0.282 e. The third-order valence-electron chi connectivity index (χ3n) is 3.31. The summed E-state index contributed by atoms with van der Waals surface area (Å²) in [6, 6.07) is 14.4. The minimum atomic E-state index is -0.732. The fourth-order valence-electron chi connectivity index (χ4n) is 2.11. The number of halogens is 1. The van der Waals surface area contributed by atoms with Gasteiger partial charge in [-0.25, -0.2) is 0 Å². The van der Waals surface area contributed by atoms with Crippen molar-refractivity contribution < 1.29 is 14.3 Å². The van der Waals surface area contributed by atoms with Gasteiger partial charge < -0.3 is 9.47 Å². The number of para-hydroxylation sites is 2. The number of ether oxygens (including phenoxy) is 2. The van der Waals surface area contributed by atoms with Crippen LogP contribution in [0.5, 0.6) is 11.5 Å². The third-order valence-corrected chi connectivity index (χ3v) is 3.55. The number of hydrogen-bond acceptors (Lipinski definition) is 4. The molecule has 0 bridgehead atoms. The van der Waals surface area contributed by atoms with E-state index in [1.54, 1.807) is 30.3 Å². The lowest BCUT2D eigenvalue weighted by Crippen LogP contribution is -2.48. The fraction of sp³-hybridized carbons (Fsp3) is 0.118. The van der Waals surface area contributed by atoms with Crippen molar-refractivity contribution in [3.63, 3.8) is 0 Å². The van der Waals surface area contributed by atoms with E-state index in [0.717, 1.165) is 5.56 Å². The molecule has 6 heteroatoms. The lowest BCUT2D eigenvalue weighted by atomic mass is 10.2. The van der Waals surface area contributed by atoms with Gasteiger partial charge in [-0.15, -0.1) is 0 Å². The minimum Gasteiger partial charge on any atom is -0.485 e. The molecule has 0 saturated carbocycles. The summed E-state index contributed by atoms with van der Waals surface area (Å²) in [5.41, 5.74) is 6.63. The summed E-state index contributed by atoms with van der Waals surface area (Å²) in [7, 11) is 0. The first-order valence-electron chi connectivity index (χ1n) is 7.02. The van der Waals surface area contributed by atoms with Gasteiger partial charge in [0.05, 0.1) is 5.70 Å². The second-order valence-electron chi connectivity index (χ2n) is 4.97. The van der Waals surface area contributed by atoms with Gasteiger partial charge in [0.1, 0.15) is 6.61 Å². The van der Waals surface area contributed by atoms with Crippen LogP contribution in [0.1, 0.15) is 5.56 Å². The molecule has 1 aliphatic rings. The largest absolute Gasteiger partial charge is 0.485 e. The SMILES string of the molecule is C=C(NNC(=O)[C@@H]1COc2ccccc2O1)c1cccc(Cl)c1. The summed E-state index contributed by atoms with van der Waals surface area (Å²) in [5.74, 6) is 0.836. The van der Waals surface area contributed by atoms with Gasteiger partial charge in [0, 0.05) is 10.6 Å². The molecule has 0 aromatic heterocycles. The molecule has 1 heterocycles. The van der Waals surface area contributed by atoms with Crippen molar-refractivity contribution in [2.45, 2.75) is 6.10 Å². The smallest absolute Gasteiger partial charge is 0.282 e. The standard InChI is InChI=1S/C17H15ClN2O3/c1-11(12-5-4-6-13(18)9-12)19-20-17(21)16-10-22-14-7-2-3-8-15(14)23-16/h2-9,16,19H,1,10H2,(H,20,21)/t16-/m0/s1. The summed E-state index contributed by atoms with van der Waals surface area (Å²) >= 11 is 5.93. The molecule has 1 atom stereocenters. The van der Waals surface area contributed by atoms with E-state index in [4.69, 9.17) is 21.1 Å². The Morgan fingerprint density at radius 2 is 1.91 bits per heavy atom. The zero-order valence-electron chi connectivity index (χ0n) is 12.2. The zero-order chi connectivity index (χ0) is 16.2. The molecule has 1 amide bonds. The van der Waals surface area contributed by atoms with Crippen LogP contribution in [0.3, 0.4) is 0 Å². The molecule has 1 aliphatic heterocycles. The van der Waals surface area contributed by atoms with Gasteiger partial charge in [-0.1, -0.05) is 42.4 Å². The molecule has 2 N–H and O–H groups in total. The van der Waals surface area contributed by atoms with E-state index >= 15 is 0 Å². The molecule has 0 saturated heterocycles. The average Bonchev–Trinajstić information content (AvgIpc) is 2.59. The number of benzene rings is 2. The first kappa shape index (κ1) is 15.2. The van der Waals surface area contributed by atoms with Gasteiger partial charge in [0.2, 0.25) is 6.10 Å². The maximum atomic E-state index is 12.2. The highest BCUT2D eigenvalue weighted by Crippen LogP contribution is 2.30. The average molecular weight is 331 g/mol. The maximum absolute atomic E-state index is 12.2. The van der Waals surface area contributed by atoms with Crippen LogP contribution in [-0.4, -0.2) is 18.6 Å². The van der Waals surface area contributed by atoms with E-state index in [-0.39, 0.29) is 12.5 Å². The van der Waals surface area contributed by atoms with Gasteiger partial charge in [0.25, 0.3) is 5.91 Å². The minimum absolute atomic E-state index is 0.147. The van der Waals surface area contributed by atoms with Crippen LogP contribution < -0.4 is 20.3 Å². The van der Waals surface area contributed by atoms with Crippen molar-refractivity contribution in [1.82, 2.24) is 10.9 Å². The van der Waals surface area contributed by atoms with Gasteiger partial charge in [-0.2, -0.15) is 0 Å². The van der Waals surface area contributed by atoms with Crippen molar-refractivity contribution in [3.05, 3.63) is 65.7 Å². The molecule has 23 heavy (non-hydrogen) atoms. The first-order valence-corrected chi connectivity index (χ1v) is 7.40. The van der Waals surface area contributed by atoms with Crippen molar-refractivity contribution in [1.29, 1.82) is 0 Å². The van der Waals surface area contributed by atoms with Crippen LogP contribution in [0.4, 0.5) is 0 Å². The normalized spacial score (nSPS) is 15.6. The van der Waals surface area contributed by atoms with E-state index in [0.29, 0.717) is 22.2 Å². The molecule has 0 spiro atoms. The lowest BCUT2D eigenvalue weighted by molar-refractivity contribution is -0.131. The van der Waals surface area contributed by atoms with E-state index in [9.17, 15) is 4.79 Å². The van der Waals surface area contributed by atoms with Crippen LogP contribution in [0.15, 0.2) is 55.1 Å². The highest BCUT2D eigenvalue weighted by Gasteiger charge is 2.27. The summed E-state index contributed by atoms with van der Waals surface area (Å²) in [4.78, 5) is 12.2. The Balaban J connectivity index is 1.57. The molecule has 0 unspecified atom stereocenters. The molecule has 118 valence electrons. The molecule has 2 aromatic rings. The lowest BCUT2D eigenvalue weighted by Gasteiger charge is -2.25. The zero-order valence-corrected chi connectivity index (χ0v) is 13.0. The van der Waals surface area contributed by atoms with E-state index < -0.39 is 6.10 Å². The highest BCUT2D eigenvalue weighted by atomic mass is 35.5. The molecule has 3 rings (SSSR count). The summed E-state index contributed by atoms with van der Waals surface area (Å²) in [5, 5.41) is 0.595. The van der Waals surface area contributed by atoms with Crippen molar-refractivity contribution in [2.75, 3.05) is 6.61 Å². The molecular formula is C17H15ClN2O3. The third kappa shape index (κ3) is 3.57. The van der Waals surface area contributed by atoms with Gasteiger partial charge in [0.15, 0.2) is 11.5 Å². The molecule has 0 aliphatic carbocycles. The number of fused-ring (bicyclic) bond motifs is 1. The topological polar surface area (TPSA) is 59.6 Å². The van der Waals surface area contributed by atoms with Gasteiger partial charge >= 0.3 is 0 Å². The Bertz CT molecular complexity index is 748. The molecule has 0 fully saturated rings. The second-order valence-corrected chi connectivity index (χ2v) is 5.40. The summed E-state index contributed by atoms with van der Waals surface area (Å²) in [6.45, 7) is 4.01. The number of rotatable bonds is 4. The van der Waals surface area contributed by atoms with E-state index in [1.807, 2.05) is 18.2 Å². The second kappa shape index (κ2) is 6.62.